The molecule has 3 aromatic carbocycles. The highest BCUT2D eigenvalue weighted by molar-refractivity contribution is 9.10. The van der Waals surface area contributed by atoms with E-state index in [1.165, 1.54) is 11.1 Å². The fourth-order valence-electron chi connectivity index (χ4n) is 4.81. The number of fused-ring (bicyclic) bond motifs is 3. The van der Waals surface area contributed by atoms with E-state index < -0.39 is 0 Å². The Morgan fingerprint density at radius 3 is 2.37 bits per heavy atom. The van der Waals surface area contributed by atoms with Crippen LogP contribution in [0.3, 0.4) is 0 Å². The fourth-order valence-corrected chi connectivity index (χ4v) is 5.45. The third-order valence-corrected chi connectivity index (χ3v) is 7.26. The van der Waals surface area contributed by atoms with Gasteiger partial charge in [0.15, 0.2) is 0 Å². The number of halogens is 2. The van der Waals surface area contributed by atoms with Crippen LogP contribution in [0.15, 0.2) is 87.8 Å². The molecular formula is C26H21Br2NO. The number of anilines is 1. The number of carbonyl (C=O) groups excluding carboxylic acids is 1. The second-order valence-corrected chi connectivity index (χ2v) is 9.93. The molecular weight excluding hydrogens is 502 g/mol. The lowest BCUT2D eigenvalue weighted by molar-refractivity contribution is 0.0961. The van der Waals surface area contributed by atoms with Crippen molar-refractivity contribution < 1.29 is 4.79 Å². The smallest absolute Gasteiger partial charge is 0.258 e. The third-order valence-electron chi connectivity index (χ3n) is 6.23. The normalized spacial score (nSPS) is 22.0. The molecule has 4 heteroatoms. The Bertz CT molecular complexity index is 1130. The van der Waals surface area contributed by atoms with Crippen molar-refractivity contribution >= 4 is 43.5 Å². The summed E-state index contributed by atoms with van der Waals surface area (Å²) in [7, 11) is 0. The topological polar surface area (TPSA) is 20.3 Å². The van der Waals surface area contributed by atoms with Gasteiger partial charge in [0.1, 0.15) is 0 Å². The largest absolute Gasteiger partial charge is 0.300 e. The molecule has 0 N–H and O–H groups in total. The van der Waals surface area contributed by atoms with Crippen molar-refractivity contribution in [3.8, 4) is 0 Å². The molecule has 0 spiro atoms. The maximum absolute atomic E-state index is 13.9. The van der Waals surface area contributed by atoms with Gasteiger partial charge in [0.25, 0.3) is 5.91 Å². The lowest BCUT2D eigenvalue weighted by Gasteiger charge is -2.44. The number of aryl methyl sites for hydroxylation is 1. The number of allylic oxidation sites excluding steroid dienone is 2. The molecule has 2 nitrogen and oxygen atoms in total. The van der Waals surface area contributed by atoms with E-state index in [-0.39, 0.29) is 11.9 Å². The Hall–Kier alpha value is -2.17. The van der Waals surface area contributed by atoms with Crippen molar-refractivity contribution in [3.05, 3.63) is 110 Å². The summed E-state index contributed by atoms with van der Waals surface area (Å²) in [6, 6.07) is 22.6. The van der Waals surface area contributed by atoms with E-state index in [4.69, 9.17) is 0 Å². The number of hydrogen-bond acceptors (Lipinski definition) is 1. The second kappa shape index (κ2) is 7.82. The summed E-state index contributed by atoms with van der Waals surface area (Å²) in [5.74, 6) is 0.687. The molecule has 0 fully saturated rings. The van der Waals surface area contributed by atoms with Crippen molar-refractivity contribution in [1.82, 2.24) is 0 Å². The van der Waals surface area contributed by atoms with Gasteiger partial charge in [0, 0.05) is 26.1 Å². The quantitative estimate of drug-likeness (QED) is 0.317. The Labute approximate surface area is 193 Å². The van der Waals surface area contributed by atoms with Gasteiger partial charge in [-0.1, -0.05) is 73.8 Å². The van der Waals surface area contributed by atoms with Crippen LogP contribution < -0.4 is 4.90 Å². The zero-order valence-corrected chi connectivity index (χ0v) is 19.7. The second-order valence-electron chi connectivity index (χ2n) is 8.09. The lowest BCUT2D eigenvalue weighted by Crippen LogP contribution is -2.43. The predicted octanol–water partition coefficient (Wildman–Crippen LogP) is 7.58. The van der Waals surface area contributed by atoms with Gasteiger partial charge >= 0.3 is 0 Å². The van der Waals surface area contributed by atoms with Crippen molar-refractivity contribution in [2.24, 2.45) is 5.92 Å². The van der Waals surface area contributed by atoms with Gasteiger partial charge in [-0.25, -0.2) is 0 Å². The first-order valence-electron chi connectivity index (χ1n) is 10.1. The minimum absolute atomic E-state index is 0.0134. The summed E-state index contributed by atoms with van der Waals surface area (Å²) >= 11 is 7.18. The maximum atomic E-state index is 13.9. The summed E-state index contributed by atoms with van der Waals surface area (Å²) in [5, 5.41) is 0. The van der Waals surface area contributed by atoms with Gasteiger partial charge in [-0.3, -0.25) is 4.79 Å². The molecule has 0 bridgehead atoms. The Morgan fingerprint density at radius 2 is 1.63 bits per heavy atom. The van der Waals surface area contributed by atoms with E-state index in [1.54, 1.807) is 0 Å². The van der Waals surface area contributed by atoms with Crippen LogP contribution >= 0.6 is 31.9 Å². The Kier molecular flexibility index (Phi) is 5.16. The van der Waals surface area contributed by atoms with Crippen molar-refractivity contribution in [3.63, 3.8) is 0 Å². The molecule has 1 aliphatic heterocycles. The van der Waals surface area contributed by atoms with E-state index in [2.05, 4.69) is 80.4 Å². The summed E-state index contributed by atoms with van der Waals surface area (Å²) in [5.41, 5.74) is 5.27. The van der Waals surface area contributed by atoms with Crippen molar-refractivity contribution in [2.75, 3.05) is 4.90 Å². The Morgan fingerprint density at radius 1 is 0.933 bits per heavy atom. The van der Waals surface area contributed by atoms with Gasteiger partial charge in [0.2, 0.25) is 0 Å². The number of rotatable bonds is 2. The number of amides is 1. The average Bonchev–Trinajstić information content (AvgIpc) is 3.23. The predicted molar refractivity (Wildman–Crippen MR) is 129 cm³/mol. The van der Waals surface area contributed by atoms with Crippen LogP contribution in [-0.4, -0.2) is 5.91 Å². The molecule has 5 rings (SSSR count). The molecule has 0 saturated carbocycles. The van der Waals surface area contributed by atoms with E-state index in [0.29, 0.717) is 11.8 Å². The maximum Gasteiger partial charge on any atom is 0.258 e. The van der Waals surface area contributed by atoms with Crippen LogP contribution in [0.4, 0.5) is 5.69 Å². The van der Waals surface area contributed by atoms with Gasteiger partial charge in [-0.15, -0.1) is 0 Å². The first-order chi connectivity index (χ1) is 14.5. The van der Waals surface area contributed by atoms with E-state index in [9.17, 15) is 4.79 Å². The van der Waals surface area contributed by atoms with Crippen molar-refractivity contribution in [2.45, 2.75) is 25.3 Å². The molecule has 1 aliphatic carbocycles. The standard InChI is InChI=1S/C26H21Br2NO/c1-16-5-7-18(8-6-16)26(30)29-24-14-13-20(28)15-23(24)21-3-2-4-22(21)25(29)17-9-11-19(27)12-10-17/h2-3,5-15,21-22,25H,4H2,1H3. The highest BCUT2D eigenvalue weighted by Gasteiger charge is 2.44. The fraction of sp³-hybridized carbons (Fsp3) is 0.192. The van der Waals surface area contributed by atoms with Crippen molar-refractivity contribution in [1.29, 1.82) is 0 Å². The van der Waals surface area contributed by atoms with Crippen LogP contribution in [0.5, 0.6) is 0 Å². The van der Waals surface area contributed by atoms with Crippen LogP contribution in [0.2, 0.25) is 0 Å². The van der Waals surface area contributed by atoms with E-state index in [0.717, 1.165) is 32.2 Å². The number of benzene rings is 3. The molecule has 0 aromatic heterocycles. The van der Waals surface area contributed by atoms with E-state index >= 15 is 0 Å². The van der Waals surface area contributed by atoms with Gasteiger partial charge < -0.3 is 4.90 Å². The van der Waals surface area contributed by atoms with Crippen LogP contribution in [0.1, 0.15) is 45.4 Å². The SMILES string of the molecule is Cc1ccc(C(=O)N2c3ccc(Br)cc3C3C=CCC3C2c2ccc(Br)cc2)cc1. The van der Waals surface area contributed by atoms with Gasteiger partial charge in [0.05, 0.1) is 6.04 Å². The Balaban J connectivity index is 1.70. The minimum atomic E-state index is -0.0134. The number of nitrogens with zero attached hydrogens (tertiary/aromatic N) is 1. The van der Waals surface area contributed by atoms with Crippen LogP contribution in [0, 0.1) is 12.8 Å². The summed E-state index contributed by atoms with van der Waals surface area (Å²) < 4.78 is 2.09. The summed E-state index contributed by atoms with van der Waals surface area (Å²) in [6.45, 7) is 2.04. The summed E-state index contributed by atoms with van der Waals surface area (Å²) in [4.78, 5) is 15.9. The minimum Gasteiger partial charge on any atom is -0.300 e. The highest BCUT2D eigenvalue weighted by atomic mass is 79.9. The molecule has 1 heterocycles. The van der Waals surface area contributed by atoms with Crippen LogP contribution in [0.25, 0.3) is 0 Å². The number of hydrogen-bond donors (Lipinski definition) is 0. The average molecular weight is 523 g/mol. The zero-order chi connectivity index (χ0) is 20.8. The van der Waals surface area contributed by atoms with Crippen LogP contribution in [-0.2, 0) is 0 Å². The first-order valence-corrected chi connectivity index (χ1v) is 11.7. The van der Waals surface area contributed by atoms with E-state index in [1.807, 2.05) is 42.2 Å². The molecule has 3 aromatic rings. The molecule has 0 saturated heterocycles. The lowest BCUT2D eigenvalue weighted by atomic mass is 9.75. The molecule has 0 radical (unpaired) electrons. The zero-order valence-electron chi connectivity index (χ0n) is 16.6. The molecule has 3 unspecified atom stereocenters. The molecule has 30 heavy (non-hydrogen) atoms. The molecule has 2 aliphatic rings. The number of carbonyl (C=O) groups is 1. The molecule has 3 atom stereocenters. The summed E-state index contributed by atoms with van der Waals surface area (Å²) in [6.07, 6.45) is 5.55. The highest BCUT2D eigenvalue weighted by Crippen LogP contribution is 2.54. The van der Waals surface area contributed by atoms with Gasteiger partial charge in [-0.05, 0) is 72.9 Å². The third kappa shape index (κ3) is 3.36. The van der Waals surface area contributed by atoms with Gasteiger partial charge in [-0.2, -0.15) is 0 Å². The monoisotopic (exact) mass is 521 g/mol. The molecule has 1 amide bonds. The first kappa shape index (κ1) is 19.8. The molecule has 150 valence electrons.